The van der Waals surface area contributed by atoms with Gasteiger partial charge in [-0.2, -0.15) is 10.1 Å². The van der Waals surface area contributed by atoms with E-state index in [1.807, 2.05) is 61.3 Å². The monoisotopic (exact) mass is 526 g/mol. The highest BCUT2D eigenvalue weighted by Crippen LogP contribution is 2.39. The van der Waals surface area contributed by atoms with Crippen molar-refractivity contribution < 1.29 is 14.3 Å². The second-order valence-electron chi connectivity index (χ2n) is 9.64. The minimum absolute atomic E-state index is 0.0407. The molecule has 0 bridgehead atoms. The molecule has 0 saturated carbocycles. The molecular formula is C30H30N4O3S. The summed E-state index contributed by atoms with van der Waals surface area (Å²) >= 11 is 1.30. The highest BCUT2D eigenvalue weighted by Gasteiger charge is 2.39. The Morgan fingerprint density at radius 2 is 1.76 bits per heavy atom. The summed E-state index contributed by atoms with van der Waals surface area (Å²) in [5.41, 5.74) is 7.17. The molecule has 2 amide bonds. The van der Waals surface area contributed by atoms with Crippen LogP contribution in [0.4, 0.5) is 5.69 Å². The van der Waals surface area contributed by atoms with Crippen molar-refractivity contribution in [3.8, 4) is 5.75 Å². The Hall–Kier alpha value is -3.91. The molecule has 2 atom stereocenters. The topological polar surface area (TPSA) is 83.4 Å². The number of hydrazone groups is 1. The van der Waals surface area contributed by atoms with Crippen molar-refractivity contribution in [2.45, 2.75) is 44.9 Å². The lowest BCUT2D eigenvalue weighted by Gasteiger charge is -2.23. The van der Waals surface area contributed by atoms with Gasteiger partial charge in [0.25, 0.3) is 5.91 Å². The lowest BCUT2D eigenvalue weighted by molar-refractivity contribution is -0.121. The molecule has 0 fully saturated rings. The Labute approximate surface area is 227 Å². The number of amides is 2. The summed E-state index contributed by atoms with van der Waals surface area (Å²) in [6.07, 6.45) is 0.708. The van der Waals surface area contributed by atoms with Crippen LogP contribution in [0.5, 0.6) is 5.75 Å². The van der Waals surface area contributed by atoms with Gasteiger partial charge in [-0.15, -0.1) is 0 Å². The number of rotatable bonds is 6. The number of nitrogens with zero attached hydrogens (tertiary/aromatic N) is 3. The highest BCUT2D eigenvalue weighted by atomic mass is 32.2. The third-order valence-corrected chi connectivity index (χ3v) is 8.02. The van der Waals surface area contributed by atoms with Gasteiger partial charge < -0.3 is 10.1 Å². The number of thioether (sulfide) groups is 1. The summed E-state index contributed by atoms with van der Waals surface area (Å²) in [6.45, 7) is 6.08. The molecule has 1 N–H and O–H groups in total. The van der Waals surface area contributed by atoms with Crippen LogP contribution in [-0.2, 0) is 9.59 Å². The predicted molar refractivity (Wildman–Crippen MR) is 153 cm³/mol. The number of aryl methyl sites for hydroxylation is 3. The summed E-state index contributed by atoms with van der Waals surface area (Å²) in [5.74, 6) is 0.246. The average molecular weight is 527 g/mol. The van der Waals surface area contributed by atoms with E-state index in [-0.39, 0.29) is 24.3 Å². The summed E-state index contributed by atoms with van der Waals surface area (Å²) in [6, 6.07) is 21.8. The Bertz CT molecular complexity index is 1430. The number of methoxy groups -OCH3 is 1. The van der Waals surface area contributed by atoms with E-state index < -0.39 is 5.25 Å². The minimum Gasteiger partial charge on any atom is -0.497 e. The Balaban J connectivity index is 1.34. The van der Waals surface area contributed by atoms with Crippen molar-refractivity contribution >= 4 is 40.1 Å². The Morgan fingerprint density at radius 1 is 1.03 bits per heavy atom. The smallest absolute Gasteiger partial charge is 0.262 e. The zero-order valence-electron chi connectivity index (χ0n) is 21.9. The molecule has 0 radical (unpaired) electrons. The molecule has 0 aromatic heterocycles. The first kappa shape index (κ1) is 25.7. The molecule has 0 aliphatic carbocycles. The number of hydrogen-bond donors (Lipinski definition) is 1. The quantitative estimate of drug-likeness (QED) is 0.439. The molecule has 3 aromatic carbocycles. The molecule has 7 nitrogen and oxygen atoms in total. The Morgan fingerprint density at radius 3 is 2.45 bits per heavy atom. The van der Waals surface area contributed by atoms with Gasteiger partial charge in [0.15, 0.2) is 5.17 Å². The molecule has 38 heavy (non-hydrogen) atoms. The first-order valence-corrected chi connectivity index (χ1v) is 13.4. The Kier molecular flexibility index (Phi) is 7.33. The van der Waals surface area contributed by atoms with Crippen molar-refractivity contribution in [1.82, 2.24) is 5.01 Å². The third kappa shape index (κ3) is 5.50. The summed E-state index contributed by atoms with van der Waals surface area (Å²) in [4.78, 5) is 30.0. The number of aliphatic imine (C=N–C) groups is 1. The van der Waals surface area contributed by atoms with Gasteiger partial charge >= 0.3 is 0 Å². The van der Waals surface area contributed by atoms with E-state index in [4.69, 9.17) is 9.84 Å². The number of ether oxygens (including phenoxy) is 1. The zero-order chi connectivity index (χ0) is 26.8. The van der Waals surface area contributed by atoms with Gasteiger partial charge in [0.2, 0.25) is 5.91 Å². The maximum atomic E-state index is 12.9. The summed E-state index contributed by atoms with van der Waals surface area (Å²) in [5, 5.41) is 9.59. The lowest BCUT2D eigenvalue weighted by Crippen LogP contribution is -2.25. The first-order chi connectivity index (χ1) is 18.3. The van der Waals surface area contributed by atoms with E-state index in [2.05, 4.69) is 41.5 Å². The van der Waals surface area contributed by atoms with Crippen molar-refractivity contribution in [2.75, 3.05) is 12.4 Å². The zero-order valence-corrected chi connectivity index (χ0v) is 22.7. The van der Waals surface area contributed by atoms with E-state index in [0.29, 0.717) is 11.6 Å². The third-order valence-electron chi connectivity index (χ3n) is 6.88. The van der Waals surface area contributed by atoms with E-state index in [0.717, 1.165) is 39.4 Å². The number of carbonyl (C=O) groups excluding carboxylic acids is 2. The van der Waals surface area contributed by atoms with Crippen molar-refractivity contribution in [3.05, 3.63) is 94.5 Å². The average Bonchev–Trinajstić information content (AvgIpc) is 3.50. The first-order valence-electron chi connectivity index (χ1n) is 12.5. The summed E-state index contributed by atoms with van der Waals surface area (Å²) < 4.78 is 5.33. The van der Waals surface area contributed by atoms with E-state index in [1.165, 1.54) is 17.3 Å². The fraction of sp³-hybridized carbons (Fsp3) is 0.267. The fourth-order valence-corrected chi connectivity index (χ4v) is 5.56. The molecule has 8 heteroatoms. The SMILES string of the molecule is COc1ccc([C@H]2CC(c3ccc(C)cc3)=NN2C2=NC(=O)[C@H](CC(=O)Nc3ccc(C)c(C)c3)S2)cc1. The summed E-state index contributed by atoms with van der Waals surface area (Å²) in [7, 11) is 1.64. The number of amidine groups is 1. The molecule has 194 valence electrons. The van der Waals surface area contributed by atoms with Crippen molar-refractivity contribution in [1.29, 1.82) is 0 Å². The maximum absolute atomic E-state index is 12.9. The van der Waals surface area contributed by atoms with E-state index in [9.17, 15) is 9.59 Å². The van der Waals surface area contributed by atoms with Crippen LogP contribution in [0.1, 0.15) is 46.7 Å². The van der Waals surface area contributed by atoms with Gasteiger partial charge in [0.05, 0.1) is 18.9 Å². The van der Waals surface area contributed by atoms with Crippen LogP contribution in [0.15, 0.2) is 76.8 Å². The fourth-order valence-electron chi connectivity index (χ4n) is 4.50. The molecule has 5 rings (SSSR count). The largest absolute Gasteiger partial charge is 0.497 e. The van der Waals surface area contributed by atoms with Crippen LogP contribution in [0.2, 0.25) is 0 Å². The molecule has 2 aliphatic heterocycles. The van der Waals surface area contributed by atoms with Crippen LogP contribution < -0.4 is 10.1 Å². The van der Waals surface area contributed by atoms with Gasteiger partial charge in [-0.3, -0.25) is 9.59 Å². The second kappa shape index (κ2) is 10.8. The van der Waals surface area contributed by atoms with E-state index >= 15 is 0 Å². The minimum atomic E-state index is -0.591. The van der Waals surface area contributed by atoms with E-state index in [1.54, 1.807) is 7.11 Å². The molecule has 0 unspecified atom stereocenters. The van der Waals surface area contributed by atoms with Gasteiger partial charge in [-0.05, 0) is 67.3 Å². The number of benzene rings is 3. The van der Waals surface area contributed by atoms with Gasteiger partial charge in [0, 0.05) is 18.5 Å². The number of hydrogen-bond acceptors (Lipinski definition) is 6. The van der Waals surface area contributed by atoms with Crippen LogP contribution in [0.25, 0.3) is 0 Å². The normalized spacial score (nSPS) is 18.8. The number of anilines is 1. The molecular weight excluding hydrogens is 496 g/mol. The molecule has 0 saturated heterocycles. The predicted octanol–water partition coefficient (Wildman–Crippen LogP) is 5.80. The van der Waals surface area contributed by atoms with Gasteiger partial charge in [-0.25, -0.2) is 5.01 Å². The van der Waals surface area contributed by atoms with Crippen LogP contribution >= 0.6 is 11.8 Å². The van der Waals surface area contributed by atoms with Crippen molar-refractivity contribution in [2.24, 2.45) is 10.1 Å². The molecule has 2 aliphatic rings. The highest BCUT2D eigenvalue weighted by molar-refractivity contribution is 8.15. The number of nitrogens with one attached hydrogen (secondary N) is 1. The number of carbonyl (C=O) groups is 2. The van der Waals surface area contributed by atoms with Crippen LogP contribution in [0.3, 0.4) is 0 Å². The van der Waals surface area contributed by atoms with Crippen molar-refractivity contribution in [3.63, 3.8) is 0 Å². The molecule has 2 heterocycles. The maximum Gasteiger partial charge on any atom is 0.262 e. The molecule has 3 aromatic rings. The van der Waals surface area contributed by atoms with Gasteiger partial charge in [-0.1, -0.05) is 59.8 Å². The second-order valence-corrected chi connectivity index (χ2v) is 10.8. The van der Waals surface area contributed by atoms with Crippen LogP contribution in [-0.4, -0.2) is 40.1 Å². The van der Waals surface area contributed by atoms with Crippen LogP contribution in [0, 0.1) is 20.8 Å². The standard InChI is InChI=1S/C30H30N4O3S/c1-18-5-8-21(9-6-18)25-16-26(22-10-13-24(37-4)14-11-22)34(33-25)30-32-29(36)27(38-30)17-28(35)31-23-12-7-19(2)20(3)15-23/h5-15,26-27H,16-17H2,1-4H3,(H,31,35)/t26-,27+/m1/s1. The molecule has 0 spiro atoms. The lowest BCUT2D eigenvalue weighted by atomic mass is 9.98. The van der Waals surface area contributed by atoms with Gasteiger partial charge in [0.1, 0.15) is 11.0 Å².